The maximum absolute atomic E-state index is 12.5. The quantitative estimate of drug-likeness (QED) is 0.381. The fourth-order valence-corrected chi connectivity index (χ4v) is 2.31. The van der Waals surface area contributed by atoms with Crippen molar-refractivity contribution in [3.63, 3.8) is 0 Å². The highest BCUT2D eigenvalue weighted by Crippen LogP contribution is 2.19. The summed E-state index contributed by atoms with van der Waals surface area (Å²) in [6.45, 7) is 0. The molecule has 0 aliphatic heterocycles. The van der Waals surface area contributed by atoms with Gasteiger partial charge in [-0.15, -0.1) is 0 Å². The highest BCUT2D eigenvalue weighted by molar-refractivity contribution is 6.48. The summed E-state index contributed by atoms with van der Waals surface area (Å²) in [6, 6.07) is 2.53. The van der Waals surface area contributed by atoms with E-state index in [1.54, 1.807) is 12.1 Å². The maximum atomic E-state index is 12.5. The van der Waals surface area contributed by atoms with Crippen LogP contribution in [0.2, 0.25) is 0 Å². The van der Waals surface area contributed by atoms with E-state index in [4.69, 9.17) is 4.42 Å². The van der Waals surface area contributed by atoms with Crippen LogP contribution >= 0.6 is 0 Å². The summed E-state index contributed by atoms with van der Waals surface area (Å²) >= 11 is 0. The number of anilines is 1. The second kappa shape index (κ2) is 9.90. The lowest BCUT2D eigenvalue weighted by Gasteiger charge is -2.15. The zero-order valence-corrected chi connectivity index (χ0v) is 15.6. The Labute approximate surface area is 160 Å². The molecule has 2 aromatic rings. The van der Waals surface area contributed by atoms with Gasteiger partial charge >= 0.3 is 11.9 Å². The minimum Gasteiger partial charge on any atom is -0.469 e. The average molecular weight is 392 g/mol. The van der Waals surface area contributed by atoms with E-state index in [0.29, 0.717) is 5.69 Å². The van der Waals surface area contributed by atoms with Crippen LogP contribution in [0.15, 0.2) is 40.4 Å². The Morgan fingerprint density at radius 1 is 1.21 bits per heavy atom. The number of rotatable bonds is 9. The summed E-state index contributed by atoms with van der Waals surface area (Å²) in [6.07, 6.45) is 4.05. The molecule has 0 atom stereocenters. The number of furan rings is 1. The monoisotopic (exact) mass is 392 g/mol. The van der Waals surface area contributed by atoms with Crippen LogP contribution in [0.1, 0.15) is 24.6 Å². The topological polar surface area (TPSA) is 134 Å². The van der Waals surface area contributed by atoms with Gasteiger partial charge in [-0.05, 0) is 12.1 Å². The first-order valence-corrected chi connectivity index (χ1v) is 8.12. The fraction of sp³-hybridized carbons (Fsp3) is 0.353. The van der Waals surface area contributed by atoms with Gasteiger partial charge in [0.1, 0.15) is 7.11 Å². The molecule has 2 rings (SSSR count). The molecule has 2 aromatic heterocycles. The second-order valence-electron chi connectivity index (χ2n) is 5.48. The normalized spacial score (nSPS) is 11.2. The molecule has 0 fully saturated rings. The summed E-state index contributed by atoms with van der Waals surface area (Å²) in [5.74, 6) is -1.39. The van der Waals surface area contributed by atoms with Crippen molar-refractivity contribution in [1.29, 1.82) is 0 Å². The van der Waals surface area contributed by atoms with Gasteiger partial charge in [-0.25, -0.2) is 0 Å². The van der Waals surface area contributed by atoms with Gasteiger partial charge in [0.2, 0.25) is 5.71 Å². The van der Waals surface area contributed by atoms with Crippen LogP contribution in [0.5, 0.6) is 0 Å². The largest absolute Gasteiger partial charge is 0.469 e. The Hall–Kier alpha value is -3.63. The third kappa shape index (κ3) is 5.43. The van der Waals surface area contributed by atoms with Crippen LogP contribution in [-0.2, 0) is 28.7 Å². The van der Waals surface area contributed by atoms with E-state index in [9.17, 15) is 14.4 Å². The Balaban J connectivity index is 2.16. The SMILES string of the molecule is CO/N=C(/C(=O)Nc1cnn(C(CC(=O)OC)CC(=O)OC)c1)c1ccco1. The van der Waals surface area contributed by atoms with E-state index in [0.717, 1.165) is 0 Å². The molecule has 0 saturated carbocycles. The molecule has 0 aliphatic carbocycles. The smallest absolute Gasteiger partial charge is 0.307 e. The van der Waals surface area contributed by atoms with Crippen LogP contribution in [0.25, 0.3) is 0 Å². The number of nitrogens with zero attached hydrogens (tertiary/aromatic N) is 3. The molecule has 0 bridgehead atoms. The van der Waals surface area contributed by atoms with Gasteiger partial charge < -0.3 is 24.0 Å². The van der Waals surface area contributed by atoms with Crippen molar-refractivity contribution in [2.45, 2.75) is 18.9 Å². The van der Waals surface area contributed by atoms with Crippen molar-refractivity contribution in [3.05, 3.63) is 36.5 Å². The number of methoxy groups -OCH3 is 2. The van der Waals surface area contributed by atoms with Crippen LogP contribution < -0.4 is 5.32 Å². The van der Waals surface area contributed by atoms with Crippen molar-refractivity contribution >= 4 is 29.2 Å². The number of carbonyl (C=O) groups excluding carboxylic acids is 3. The van der Waals surface area contributed by atoms with Crippen LogP contribution in [0.4, 0.5) is 5.69 Å². The standard InChI is InChI=1S/C17H20N4O7/c1-25-14(22)7-12(8-15(23)26-2)21-10-11(9-18-21)19-17(24)16(20-27-3)13-5-4-6-28-13/h4-6,9-10,12H,7-8H2,1-3H3,(H,19,24)/b20-16+. The molecule has 0 spiro atoms. The molecule has 11 heteroatoms. The Morgan fingerprint density at radius 2 is 1.89 bits per heavy atom. The van der Waals surface area contributed by atoms with Crippen molar-refractivity contribution in [3.8, 4) is 0 Å². The third-order valence-electron chi connectivity index (χ3n) is 3.65. The molecular weight excluding hydrogens is 372 g/mol. The van der Waals surface area contributed by atoms with Gasteiger partial charge in [-0.3, -0.25) is 19.1 Å². The molecule has 1 amide bonds. The molecule has 0 unspecified atom stereocenters. The second-order valence-corrected chi connectivity index (χ2v) is 5.48. The van der Waals surface area contributed by atoms with E-state index in [1.807, 2.05) is 0 Å². The van der Waals surface area contributed by atoms with Crippen molar-refractivity contribution in [2.75, 3.05) is 26.6 Å². The number of esters is 2. The highest BCUT2D eigenvalue weighted by atomic mass is 16.6. The number of aromatic nitrogens is 2. The van der Waals surface area contributed by atoms with E-state index in [2.05, 4.69) is 29.9 Å². The molecule has 150 valence electrons. The van der Waals surface area contributed by atoms with Crippen LogP contribution in [0, 0.1) is 0 Å². The van der Waals surface area contributed by atoms with Gasteiger partial charge in [0.15, 0.2) is 5.76 Å². The molecule has 0 aromatic carbocycles. The Morgan fingerprint density at radius 3 is 2.43 bits per heavy atom. The third-order valence-corrected chi connectivity index (χ3v) is 3.65. The van der Waals surface area contributed by atoms with Gasteiger partial charge in [-0.2, -0.15) is 5.10 Å². The molecular formula is C17H20N4O7. The van der Waals surface area contributed by atoms with Gasteiger partial charge in [0.25, 0.3) is 5.91 Å². The Kier molecular flexibility index (Phi) is 7.31. The lowest BCUT2D eigenvalue weighted by molar-refractivity contribution is -0.144. The van der Waals surface area contributed by atoms with Crippen molar-refractivity contribution in [2.24, 2.45) is 5.16 Å². The lowest BCUT2D eigenvalue weighted by atomic mass is 10.1. The summed E-state index contributed by atoms with van der Waals surface area (Å²) in [4.78, 5) is 40.4. The number of amides is 1. The first kappa shape index (κ1) is 20.7. The minimum absolute atomic E-state index is 0.0686. The van der Waals surface area contributed by atoms with E-state index in [-0.39, 0.29) is 24.3 Å². The molecule has 11 nitrogen and oxygen atoms in total. The summed E-state index contributed by atoms with van der Waals surface area (Å²) in [5.41, 5.74) is 0.251. The van der Waals surface area contributed by atoms with Gasteiger partial charge in [0.05, 0.1) is 51.3 Å². The molecule has 0 saturated heterocycles. The van der Waals surface area contributed by atoms with E-state index in [1.165, 1.54) is 44.7 Å². The number of hydrogen-bond acceptors (Lipinski definition) is 9. The Bertz CT molecular complexity index is 824. The maximum Gasteiger partial charge on any atom is 0.307 e. The van der Waals surface area contributed by atoms with Gasteiger partial charge in [-0.1, -0.05) is 5.16 Å². The fourth-order valence-electron chi connectivity index (χ4n) is 2.31. The lowest BCUT2D eigenvalue weighted by Crippen LogP contribution is -2.23. The minimum atomic E-state index is -0.636. The molecule has 1 N–H and O–H groups in total. The van der Waals surface area contributed by atoms with Crippen LogP contribution in [-0.4, -0.2) is 54.7 Å². The van der Waals surface area contributed by atoms with E-state index < -0.39 is 23.9 Å². The predicted molar refractivity (Wildman–Crippen MR) is 95.4 cm³/mol. The number of hydrogen-bond donors (Lipinski definition) is 1. The first-order chi connectivity index (χ1) is 13.5. The van der Waals surface area contributed by atoms with Crippen molar-refractivity contribution in [1.82, 2.24) is 9.78 Å². The van der Waals surface area contributed by atoms with Gasteiger partial charge in [0, 0.05) is 6.20 Å². The number of nitrogens with one attached hydrogen (secondary N) is 1. The molecule has 0 aliphatic rings. The highest BCUT2D eigenvalue weighted by Gasteiger charge is 2.23. The molecule has 28 heavy (non-hydrogen) atoms. The molecule has 0 radical (unpaired) electrons. The number of carbonyl (C=O) groups is 3. The molecule has 2 heterocycles. The number of oxime groups is 1. The summed E-state index contributed by atoms with van der Waals surface area (Å²) in [7, 11) is 3.80. The van der Waals surface area contributed by atoms with Crippen molar-refractivity contribution < 1.29 is 33.1 Å². The van der Waals surface area contributed by atoms with Crippen LogP contribution in [0.3, 0.4) is 0 Å². The summed E-state index contributed by atoms with van der Waals surface area (Å²) in [5, 5.41) is 10.4. The number of ether oxygens (including phenoxy) is 2. The zero-order valence-electron chi connectivity index (χ0n) is 15.6. The zero-order chi connectivity index (χ0) is 20.5. The average Bonchev–Trinajstić information content (AvgIpc) is 3.37. The first-order valence-electron chi connectivity index (χ1n) is 8.12. The van der Waals surface area contributed by atoms with E-state index >= 15 is 0 Å². The predicted octanol–water partition coefficient (Wildman–Crippen LogP) is 1.13. The summed E-state index contributed by atoms with van der Waals surface area (Å²) < 4.78 is 15.8.